The first kappa shape index (κ1) is 12.0. The Bertz CT molecular complexity index is 69.3. The molecular weight excluding hydrogens is 134 g/mol. The fourth-order valence-corrected chi connectivity index (χ4v) is 0.365. The van der Waals surface area contributed by atoms with Crippen molar-refractivity contribution in [3.63, 3.8) is 0 Å². The van der Waals surface area contributed by atoms with Gasteiger partial charge in [0.2, 0.25) is 0 Å². The lowest BCUT2D eigenvalue weighted by Crippen LogP contribution is -3.00. The molecule has 0 saturated heterocycles. The van der Waals surface area contributed by atoms with Crippen LogP contribution in [-0.4, -0.2) is 31.2 Å². The van der Waals surface area contributed by atoms with Crippen LogP contribution in [0.3, 0.4) is 0 Å². The third-order valence-corrected chi connectivity index (χ3v) is 2.21. The molecule has 0 unspecified atom stereocenters. The van der Waals surface area contributed by atoms with Gasteiger partial charge in [-0.3, -0.25) is 0 Å². The molecule has 0 aliphatic carbocycles. The van der Waals surface area contributed by atoms with E-state index in [1.54, 1.807) is 0 Å². The first-order valence-corrected chi connectivity index (χ1v) is 3.33. The van der Waals surface area contributed by atoms with Crippen molar-refractivity contribution in [2.45, 2.75) is 26.8 Å². The fourth-order valence-electron chi connectivity index (χ4n) is 0.365. The zero-order chi connectivity index (χ0) is 6.78. The van der Waals surface area contributed by atoms with Crippen LogP contribution in [0, 0.1) is 0 Å². The Morgan fingerprint density at radius 2 is 1.56 bits per heavy atom. The average molecular weight is 152 g/mol. The van der Waals surface area contributed by atoms with E-state index in [-0.39, 0.29) is 12.4 Å². The second-order valence-corrected chi connectivity index (χ2v) is 3.19. The molecule has 0 fully saturated rings. The number of quaternary nitrogens is 1. The third kappa shape index (κ3) is 3.77. The molecule has 58 valence electrons. The summed E-state index contributed by atoms with van der Waals surface area (Å²) in [5.41, 5.74) is 0. The Kier molecular flexibility index (Phi) is 5.49. The maximum absolute atomic E-state index is 2.25. The second kappa shape index (κ2) is 4.13. The Labute approximate surface area is 65.1 Å². The van der Waals surface area contributed by atoms with Gasteiger partial charge in [-0.15, -0.1) is 0 Å². The van der Waals surface area contributed by atoms with Crippen molar-refractivity contribution in [3.8, 4) is 0 Å². The van der Waals surface area contributed by atoms with Crippen LogP contribution in [-0.2, 0) is 0 Å². The number of nitrogens with zero attached hydrogens (tertiary/aromatic N) is 1. The molecule has 0 bridgehead atoms. The van der Waals surface area contributed by atoms with Gasteiger partial charge < -0.3 is 16.9 Å². The molecule has 0 atom stereocenters. The van der Waals surface area contributed by atoms with E-state index in [9.17, 15) is 0 Å². The van der Waals surface area contributed by atoms with E-state index < -0.39 is 0 Å². The Hall–Kier alpha value is 0.250. The Morgan fingerprint density at radius 3 is 1.56 bits per heavy atom. The first-order chi connectivity index (χ1) is 3.50. The molecule has 0 aliphatic heterocycles. The van der Waals surface area contributed by atoms with Gasteiger partial charge in [-0.2, -0.15) is 0 Å². The van der Waals surface area contributed by atoms with Crippen molar-refractivity contribution >= 4 is 0 Å². The number of rotatable bonds is 2. The molecule has 0 N–H and O–H groups in total. The van der Waals surface area contributed by atoms with E-state index in [0.29, 0.717) is 0 Å². The maximum Gasteiger partial charge on any atom is 0.0829 e. The van der Waals surface area contributed by atoms with Crippen LogP contribution >= 0.6 is 0 Å². The normalized spacial score (nSPS) is 11.3. The molecule has 0 aliphatic rings. The van der Waals surface area contributed by atoms with Gasteiger partial charge in [0, 0.05) is 0 Å². The van der Waals surface area contributed by atoms with Crippen LogP contribution in [0.2, 0.25) is 0 Å². The summed E-state index contributed by atoms with van der Waals surface area (Å²) in [6.45, 7) is 7.95. The minimum absolute atomic E-state index is 0. The van der Waals surface area contributed by atoms with Crippen LogP contribution in [0.1, 0.15) is 20.8 Å². The van der Waals surface area contributed by atoms with E-state index in [2.05, 4.69) is 34.9 Å². The smallest absolute Gasteiger partial charge is 0.0829 e. The van der Waals surface area contributed by atoms with Crippen LogP contribution in [0.5, 0.6) is 0 Å². The zero-order valence-electron chi connectivity index (χ0n) is 7.11. The van der Waals surface area contributed by atoms with E-state index in [1.165, 1.54) is 6.54 Å². The van der Waals surface area contributed by atoms with E-state index in [0.717, 1.165) is 10.5 Å². The highest BCUT2D eigenvalue weighted by molar-refractivity contribution is 4.35. The summed E-state index contributed by atoms with van der Waals surface area (Å²) in [5.74, 6) is 0. The van der Waals surface area contributed by atoms with Gasteiger partial charge in [-0.05, 0) is 20.8 Å². The predicted molar refractivity (Wildman–Crippen MR) is 37.8 cm³/mol. The number of hydrogen-bond donors (Lipinski definition) is 0. The molecule has 0 rings (SSSR count). The SMILES string of the molecule is CC[N+](C)(C)C(C)C.[Cl-]. The summed E-state index contributed by atoms with van der Waals surface area (Å²) in [6.07, 6.45) is 0. The summed E-state index contributed by atoms with van der Waals surface area (Å²) in [5, 5.41) is 0. The molecule has 0 amide bonds. The van der Waals surface area contributed by atoms with Gasteiger partial charge in [-0.25, -0.2) is 0 Å². The lowest BCUT2D eigenvalue weighted by atomic mass is 10.3. The van der Waals surface area contributed by atoms with Gasteiger partial charge >= 0.3 is 0 Å². The van der Waals surface area contributed by atoms with Crippen molar-refractivity contribution in [2.75, 3.05) is 20.6 Å². The number of halogens is 1. The molecule has 0 heterocycles. The van der Waals surface area contributed by atoms with Crippen LogP contribution in [0.15, 0.2) is 0 Å². The monoisotopic (exact) mass is 151 g/mol. The van der Waals surface area contributed by atoms with Crippen molar-refractivity contribution in [1.82, 2.24) is 0 Å². The van der Waals surface area contributed by atoms with Gasteiger partial charge in [0.15, 0.2) is 0 Å². The molecule has 0 spiro atoms. The van der Waals surface area contributed by atoms with Gasteiger partial charge in [0.05, 0.1) is 26.7 Å². The van der Waals surface area contributed by atoms with Gasteiger partial charge in [0.1, 0.15) is 0 Å². The minimum atomic E-state index is 0. The van der Waals surface area contributed by atoms with E-state index >= 15 is 0 Å². The maximum atomic E-state index is 2.25. The van der Waals surface area contributed by atoms with Crippen molar-refractivity contribution in [1.29, 1.82) is 0 Å². The summed E-state index contributed by atoms with van der Waals surface area (Å²) < 4.78 is 1.12. The molecule has 0 saturated carbocycles. The standard InChI is InChI=1S/C7H18N.ClH/c1-6-8(4,5)7(2)3;/h7H,6H2,1-5H3;1H/q+1;/p-1. The second-order valence-electron chi connectivity index (χ2n) is 3.19. The highest BCUT2D eigenvalue weighted by atomic mass is 35.5. The first-order valence-electron chi connectivity index (χ1n) is 3.33. The summed E-state index contributed by atoms with van der Waals surface area (Å²) >= 11 is 0. The van der Waals surface area contributed by atoms with E-state index in [1.807, 2.05) is 0 Å². The molecule has 2 heteroatoms. The highest BCUT2D eigenvalue weighted by Crippen LogP contribution is 2.02. The zero-order valence-corrected chi connectivity index (χ0v) is 7.87. The largest absolute Gasteiger partial charge is 1.00 e. The summed E-state index contributed by atoms with van der Waals surface area (Å²) in [4.78, 5) is 0. The molecule has 1 nitrogen and oxygen atoms in total. The predicted octanol–water partition coefficient (Wildman–Crippen LogP) is -1.50. The van der Waals surface area contributed by atoms with Crippen molar-refractivity contribution in [3.05, 3.63) is 0 Å². The van der Waals surface area contributed by atoms with Crippen molar-refractivity contribution < 1.29 is 16.9 Å². The number of hydrogen-bond acceptors (Lipinski definition) is 0. The fraction of sp³-hybridized carbons (Fsp3) is 1.00. The van der Waals surface area contributed by atoms with Crippen molar-refractivity contribution in [2.24, 2.45) is 0 Å². The Balaban J connectivity index is 0. The van der Waals surface area contributed by atoms with Crippen LogP contribution in [0.4, 0.5) is 0 Å². The average Bonchev–Trinajstić information content (AvgIpc) is 1.67. The lowest BCUT2D eigenvalue weighted by molar-refractivity contribution is -0.909. The van der Waals surface area contributed by atoms with Gasteiger partial charge in [0.25, 0.3) is 0 Å². The topological polar surface area (TPSA) is 0 Å². The molecule has 9 heavy (non-hydrogen) atoms. The van der Waals surface area contributed by atoms with Crippen LogP contribution < -0.4 is 12.4 Å². The Morgan fingerprint density at radius 1 is 1.22 bits per heavy atom. The lowest BCUT2D eigenvalue weighted by Gasteiger charge is -2.32. The molecule has 0 radical (unpaired) electrons. The van der Waals surface area contributed by atoms with E-state index in [4.69, 9.17) is 0 Å². The highest BCUT2D eigenvalue weighted by Gasteiger charge is 2.15. The summed E-state index contributed by atoms with van der Waals surface area (Å²) in [6, 6.07) is 0.750. The molecule has 0 aromatic carbocycles. The molecule has 0 aromatic rings. The minimum Gasteiger partial charge on any atom is -1.00 e. The van der Waals surface area contributed by atoms with Crippen LogP contribution in [0.25, 0.3) is 0 Å². The molecular formula is C7H18ClN. The van der Waals surface area contributed by atoms with Gasteiger partial charge in [-0.1, -0.05) is 0 Å². The molecule has 0 aromatic heterocycles. The summed E-state index contributed by atoms with van der Waals surface area (Å²) in [7, 11) is 4.51. The quantitative estimate of drug-likeness (QED) is 0.422. The third-order valence-electron chi connectivity index (χ3n) is 2.21.